The van der Waals surface area contributed by atoms with Crippen molar-refractivity contribution >= 4 is 75.7 Å². The fourth-order valence-corrected chi connectivity index (χ4v) is 4.89. The number of benzene rings is 1. The molecule has 0 heterocycles. The molecule has 3 amide bonds. The predicted octanol–water partition coefficient (Wildman–Crippen LogP) is 6.40. The zero-order chi connectivity index (χ0) is 30.6. The van der Waals surface area contributed by atoms with E-state index in [0.29, 0.717) is 15.6 Å². The molecule has 6 nitrogen and oxygen atoms in total. The molecule has 1 aromatic carbocycles. The molecule has 0 bridgehead atoms. The number of alkyl halides is 7. The number of hydrogen-bond donors (Lipinski definition) is 3. The van der Waals surface area contributed by atoms with E-state index in [1.165, 1.54) is 30.5 Å². The highest BCUT2D eigenvalue weighted by molar-refractivity contribution is 6.53. The van der Waals surface area contributed by atoms with Crippen molar-refractivity contribution in [1.82, 2.24) is 16.0 Å². The summed E-state index contributed by atoms with van der Waals surface area (Å²) in [7, 11) is 0. The van der Waals surface area contributed by atoms with Crippen LogP contribution >= 0.6 is 58.0 Å². The summed E-state index contributed by atoms with van der Waals surface area (Å²) in [5.41, 5.74) is 0.699. The Balaban J connectivity index is 1.85. The number of allylic oxidation sites excluding steroid dienone is 3. The van der Waals surface area contributed by atoms with Gasteiger partial charge in [-0.2, -0.15) is 22.0 Å². The van der Waals surface area contributed by atoms with Crippen molar-refractivity contribution in [3.63, 3.8) is 0 Å². The van der Waals surface area contributed by atoms with E-state index in [0.717, 1.165) is 0 Å². The van der Waals surface area contributed by atoms with Crippen molar-refractivity contribution in [2.45, 2.75) is 35.7 Å². The highest BCUT2D eigenvalue weighted by atomic mass is 35.5. The second kappa shape index (κ2) is 13.3. The molecular formula is C24H21Cl5F5N3O3. The summed E-state index contributed by atoms with van der Waals surface area (Å²) >= 11 is 30.7. The van der Waals surface area contributed by atoms with Crippen molar-refractivity contribution in [2.75, 3.05) is 13.1 Å². The second-order valence-electron chi connectivity index (χ2n) is 8.59. The molecule has 1 fully saturated rings. The monoisotopic (exact) mass is 669 g/mol. The van der Waals surface area contributed by atoms with Crippen molar-refractivity contribution in [2.24, 2.45) is 5.92 Å². The first-order valence-electron chi connectivity index (χ1n) is 11.2. The minimum Gasteiger partial charge on any atom is -0.352 e. The maximum absolute atomic E-state index is 12.9. The van der Waals surface area contributed by atoms with Gasteiger partial charge in [0.05, 0.1) is 5.92 Å². The molecule has 1 aromatic rings. The second-order valence-corrected chi connectivity index (χ2v) is 11.3. The van der Waals surface area contributed by atoms with E-state index in [9.17, 15) is 36.3 Å². The van der Waals surface area contributed by atoms with Crippen LogP contribution in [-0.4, -0.2) is 47.2 Å². The van der Waals surface area contributed by atoms with E-state index in [2.05, 4.69) is 17.2 Å². The van der Waals surface area contributed by atoms with Gasteiger partial charge in [0, 0.05) is 45.4 Å². The van der Waals surface area contributed by atoms with Crippen LogP contribution in [0, 0.1) is 5.92 Å². The smallest absolute Gasteiger partial charge is 0.352 e. The Morgan fingerprint density at radius 1 is 1.00 bits per heavy atom. The molecule has 40 heavy (non-hydrogen) atoms. The summed E-state index contributed by atoms with van der Waals surface area (Å²) < 4.78 is 60.7. The van der Waals surface area contributed by atoms with Gasteiger partial charge in [0.15, 0.2) is 0 Å². The van der Waals surface area contributed by atoms with Gasteiger partial charge < -0.3 is 16.0 Å². The standard InChI is InChI=1S/C24H21Cl5F5N3O3/c1-11(37-20(39)18-17(22(18,28)29)13-8-14(25)10-15(26)9-13)4-5-16(27)12(2)19(38)35-6-3-7-36-21(40)23(30,31)24(32,33)34/h4-5,8-10,17-18H,1,3,6-7H2,2H3,(H,35,38)(H,36,40)(H,37,39)/b5-4-,16-12-. The SMILES string of the molecule is C=C(/C=C\C(Cl)=C(/C)C(=O)NCCCNC(=O)C(F)(F)C(F)(F)F)NC(=O)C1C(c2cc(Cl)cc(Cl)c2)C1(Cl)Cl. The fraction of sp³-hybridized carbons (Fsp3) is 0.375. The van der Waals surface area contributed by atoms with Crippen molar-refractivity contribution in [3.8, 4) is 0 Å². The van der Waals surface area contributed by atoms with Crippen LogP contribution in [-0.2, 0) is 14.4 Å². The average Bonchev–Trinajstić information content (AvgIpc) is 3.42. The molecule has 2 unspecified atom stereocenters. The Kier molecular flexibility index (Phi) is 11.3. The summed E-state index contributed by atoms with van der Waals surface area (Å²) in [4.78, 5) is 35.9. The molecule has 0 aromatic heterocycles. The van der Waals surface area contributed by atoms with E-state index < -0.39 is 52.5 Å². The van der Waals surface area contributed by atoms with Crippen LogP contribution in [0.1, 0.15) is 24.8 Å². The topological polar surface area (TPSA) is 87.3 Å². The molecule has 1 aliphatic carbocycles. The van der Waals surface area contributed by atoms with E-state index in [4.69, 9.17) is 58.0 Å². The zero-order valence-electron chi connectivity index (χ0n) is 20.4. The Morgan fingerprint density at radius 3 is 2.10 bits per heavy atom. The molecule has 220 valence electrons. The third-order valence-electron chi connectivity index (χ3n) is 5.56. The minimum atomic E-state index is -6.02. The average molecular weight is 672 g/mol. The lowest BCUT2D eigenvalue weighted by molar-refractivity contribution is -0.269. The van der Waals surface area contributed by atoms with Gasteiger partial charge in [0.2, 0.25) is 11.8 Å². The number of hydrogen-bond acceptors (Lipinski definition) is 3. The third kappa shape index (κ3) is 8.48. The van der Waals surface area contributed by atoms with Gasteiger partial charge in [-0.15, -0.1) is 23.2 Å². The van der Waals surface area contributed by atoms with Crippen LogP contribution in [0.15, 0.2) is 53.2 Å². The quantitative estimate of drug-likeness (QED) is 0.0837. The van der Waals surface area contributed by atoms with Gasteiger partial charge in [-0.05, 0) is 49.3 Å². The highest BCUT2D eigenvalue weighted by Gasteiger charge is 2.67. The molecule has 0 radical (unpaired) electrons. The largest absolute Gasteiger partial charge is 0.463 e. The number of rotatable bonds is 11. The molecule has 1 aliphatic rings. The summed E-state index contributed by atoms with van der Waals surface area (Å²) in [6.07, 6.45) is -3.57. The summed E-state index contributed by atoms with van der Waals surface area (Å²) in [5, 5.41) is 7.01. The van der Waals surface area contributed by atoms with Gasteiger partial charge in [-0.25, -0.2) is 0 Å². The van der Waals surface area contributed by atoms with E-state index in [1.54, 1.807) is 12.1 Å². The predicted molar refractivity (Wildman–Crippen MR) is 144 cm³/mol. The Labute approximate surface area is 250 Å². The maximum atomic E-state index is 12.9. The molecule has 1 saturated carbocycles. The van der Waals surface area contributed by atoms with Crippen molar-refractivity contribution < 1.29 is 36.3 Å². The molecule has 0 spiro atoms. The van der Waals surface area contributed by atoms with Crippen LogP contribution in [0.2, 0.25) is 10.0 Å². The molecule has 16 heteroatoms. The van der Waals surface area contributed by atoms with Gasteiger partial charge in [0.1, 0.15) is 4.33 Å². The van der Waals surface area contributed by atoms with E-state index in [1.807, 2.05) is 0 Å². The maximum Gasteiger partial charge on any atom is 0.463 e. The Hall–Kier alpha value is -2.05. The lowest BCUT2D eigenvalue weighted by Gasteiger charge is -2.18. The van der Waals surface area contributed by atoms with Crippen LogP contribution in [0.25, 0.3) is 0 Å². The van der Waals surface area contributed by atoms with Gasteiger partial charge in [0.25, 0.3) is 5.91 Å². The molecular weight excluding hydrogens is 651 g/mol. The van der Waals surface area contributed by atoms with Crippen LogP contribution < -0.4 is 16.0 Å². The zero-order valence-corrected chi connectivity index (χ0v) is 24.2. The van der Waals surface area contributed by atoms with E-state index >= 15 is 0 Å². The first-order valence-corrected chi connectivity index (χ1v) is 13.1. The van der Waals surface area contributed by atoms with Crippen molar-refractivity contribution in [3.05, 3.63) is 68.8 Å². The fourth-order valence-electron chi connectivity index (χ4n) is 3.37. The van der Waals surface area contributed by atoms with E-state index in [-0.39, 0.29) is 29.3 Å². The number of carbonyl (C=O) groups excluding carboxylic acids is 3. The number of carbonyl (C=O) groups is 3. The lowest BCUT2D eigenvalue weighted by Crippen LogP contribution is -2.50. The summed E-state index contributed by atoms with van der Waals surface area (Å²) in [5.74, 6) is -10.6. The normalized spacial score (nSPS) is 19.1. The lowest BCUT2D eigenvalue weighted by atomic mass is 10.1. The molecule has 2 atom stereocenters. The molecule has 0 aliphatic heterocycles. The minimum absolute atomic E-state index is 0.0188. The van der Waals surface area contributed by atoms with Gasteiger partial charge in [-0.3, -0.25) is 14.4 Å². The number of halogens is 10. The highest BCUT2D eigenvalue weighted by Crippen LogP contribution is 2.65. The van der Waals surface area contributed by atoms with Crippen LogP contribution in [0.5, 0.6) is 0 Å². The van der Waals surface area contributed by atoms with Gasteiger partial charge in [-0.1, -0.05) is 41.4 Å². The summed E-state index contributed by atoms with van der Waals surface area (Å²) in [6, 6.07) is 4.72. The first-order chi connectivity index (χ1) is 18.3. The summed E-state index contributed by atoms with van der Waals surface area (Å²) in [6.45, 7) is 4.33. The molecule has 2 rings (SSSR count). The number of amides is 3. The van der Waals surface area contributed by atoms with Gasteiger partial charge >= 0.3 is 12.1 Å². The van der Waals surface area contributed by atoms with Crippen LogP contribution in [0.3, 0.4) is 0 Å². The Bertz CT molecular complexity index is 1230. The Morgan fingerprint density at radius 2 is 1.55 bits per heavy atom. The molecule has 3 N–H and O–H groups in total. The third-order valence-corrected chi connectivity index (χ3v) is 7.35. The first kappa shape index (κ1) is 34.2. The number of nitrogens with one attached hydrogen (secondary N) is 3. The van der Waals surface area contributed by atoms with Crippen LogP contribution in [0.4, 0.5) is 22.0 Å². The van der Waals surface area contributed by atoms with Crippen molar-refractivity contribution in [1.29, 1.82) is 0 Å². The molecule has 0 saturated heterocycles.